The number of hydrogen-bond acceptors (Lipinski definition) is 0. The summed E-state index contributed by atoms with van der Waals surface area (Å²) in [4.78, 5) is 0. The van der Waals surface area contributed by atoms with Gasteiger partial charge in [0.25, 0.3) is 0 Å². The number of rotatable bonds is 2. The first-order valence-corrected chi connectivity index (χ1v) is 4.77. The fraction of sp³-hybridized carbons (Fsp3) is 0.273. The summed E-state index contributed by atoms with van der Waals surface area (Å²) in [6.45, 7) is 8.01. The van der Waals surface area contributed by atoms with Gasteiger partial charge in [-0.2, -0.15) is 0 Å². The molecule has 0 aliphatic carbocycles. The fourth-order valence-electron chi connectivity index (χ4n) is 1.19. The van der Waals surface area contributed by atoms with Crippen molar-refractivity contribution < 1.29 is 0 Å². The Balaban J connectivity index is 3.20. The van der Waals surface area contributed by atoms with Gasteiger partial charge in [-0.3, -0.25) is 0 Å². The van der Waals surface area contributed by atoms with E-state index < -0.39 is 0 Å². The van der Waals surface area contributed by atoms with Crippen LogP contribution >= 0.6 is 15.9 Å². The van der Waals surface area contributed by atoms with Crippen molar-refractivity contribution in [2.45, 2.75) is 19.8 Å². The summed E-state index contributed by atoms with van der Waals surface area (Å²) < 4.78 is 1.08. The van der Waals surface area contributed by atoms with Crippen LogP contribution in [0.3, 0.4) is 0 Å². The molecule has 63 valence electrons. The maximum absolute atomic E-state index is 3.67. The van der Waals surface area contributed by atoms with Gasteiger partial charge < -0.3 is 0 Å². The smallest absolute Gasteiger partial charge is 0.0181 e. The van der Waals surface area contributed by atoms with Gasteiger partial charge in [0.1, 0.15) is 0 Å². The van der Waals surface area contributed by atoms with E-state index in [4.69, 9.17) is 0 Å². The van der Waals surface area contributed by atoms with Crippen molar-refractivity contribution >= 4 is 15.9 Å². The van der Waals surface area contributed by atoms with Crippen LogP contribution < -0.4 is 0 Å². The Morgan fingerprint density at radius 2 is 2.08 bits per heavy atom. The van der Waals surface area contributed by atoms with E-state index in [0.29, 0.717) is 5.92 Å². The molecule has 1 heteroatoms. The molecular formula is C11H12Br. The Kier molecular flexibility index (Phi) is 3.10. The molecule has 0 atom stereocenters. The van der Waals surface area contributed by atoms with Gasteiger partial charge in [-0.05, 0) is 35.3 Å². The molecule has 0 spiro atoms. The second-order valence-electron chi connectivity index (χ2n) is 3.06. The molecule has 0 aromatic heterocycles. The third kappa shape index (κ3) is 1.98. The third-order valence-electron chi connectivity index (χ3n) is 1.83. The van der Waals surface area contributed by atoms with Gasteiger partial charge >= 0.3 is 0 Å². The number of benzene rings is 1. The normalized spacial score (nSPS) is 10.3. The third-order valence-corrected chi connectivity index (χ3v) is 2.32. The molecule has 0 bridgehead atoms. The van der Waals surface area contributed by atoms with Crippen LogP contribution in [0.1, 0.15) is 30.9 Å². The lowest BCUT2D eigenvalue weighted by Crippen LogP contribution is -1.91. The SMILES string of the molecule is C=[C]c1cc(Br)ccc1C(C)C. The Hall–Kier alpha value is -0.560. The maximum atomic E-state index is 3.67. The van der Waals surface area contributed by atoms with Crippen LogP contribution in [0.4, 0.5) is 0 Å². The summed E-state index contributed by atoms with van der Waals surface area (Å²) in [6.07, 6.45) is 2.94. The molecule has 0 nitrogen and oxygen atoms in total. The van der Waals surface area contributed by atoms with Crippen LogP contribution in [0.5, 0.6) is 0 Å². The standard InChI is InChI=1S/C11H12Br/c1-4-9-7-10(12)5-6-11(9)8(2)3/h5-8H,1H2,2-3H3. The van der Waals surface area contributed by atoms with E-state index in [-0.39, 0.29) is 0 Å². The predicted octanol–water partition coefficient (Wildman–Crippen LogP) is 3.91. The average Bonchev–Trinajstić information content (AvgIpc) is 2.03. The molecule has 1 radical (unpaired) electrons. The lowest BCUT2D eigenvalue weighted by Gasteiger charge is -2.09. The summed E-state index contributed by atoms with van der Waals surface area (Å²) >= 11 is 3.42. The molecule has 0 aliphatic heterocycles. The van der Waals surface area contributed by atoms with E-state index >= 15 is 0 Å². The highest BCUT2D eigenvalue weighted by Gasteiger charge is 2.03. The van der Waals surface area contributed by atoms with Crippen LogP contribution in [0.15, 0.2) is 29.3 Å². The lowest BCUT2D eigenvalue weighted by atomic mass is 9.97. The van der Waals surface area contributed by atoms with Gasteiger partial charge in [-0.25, -0.2) is 0 Å². The topological polar surface area (TPSA) is 0 Å². The Bertz CT molecular complexity index is 287. The Morgan fingerprint density at radius 3 is 2.58 bits per heavy atom. The zero-order valence-corrected chi connectivity index (χ0v) is 8.98. The number of halogens is 1. The van der Waals surface area contributed by atoms with Gasteiger partial charge in [0.15, 0.2) is 0 Å². The summed E-state index contributed by atoms with van der Waals surface area (Å²) in [5, 5.41) is 0. The molecule has 0 saturated carbocycles. The van der Waals surface area contributed by atoms with Crippen molar-refractivity contribution in [2.24, 2.45) is 0 Å². The molecule has 0 N–H and O–H groups in total. The second kappa shape index (κ2) is 3.90. The summed E-state index contributed by atoms with van der Waals surface area (Å²) in [5.74, 6) is 0.530. The van der Waals surface area contributed by atoms with Crippen LogP contribution in [0.25, 0.3) is 0 Å². The fourth-order valence-corrected chi connectivity index (χ4v) is 1.55. The van der Waals surface area contributed by atoms with Crippen molar-refractivity contribution in [1.29, 1.82) is 0 Å². The monoisotopic (exact) mass is 223 g/mol. The quantitative estimate of drug-likeness (QED) is 0.714. The van der Waals surface area contributed by atoms with E-state index in [2.05, 4.69) is 54.6 Å². The van der Waals surface area contributed by atoms with Gasteiger partial charge in [-0.1, -0.05) is 42.4 Å². The van der Waals surface area contributed by atoms with Gasteiger partial charge in [0.05, 0.1) is 0 Å². The van der Waals surface area contributed by atoms with Crippen molar-refractivity contribution in [3.05, 3.63) is 46.5 Å². The van der Waals surface area contributed by atoms with Crippen molar-refractivity contribution in [1.82, 2.24) is 0 Å². The molecule has 0 saturated heterocycles. The second-order valence-corrected chi connectivity index (χ2v) is 3.98. The zero-order valence-electron chi connectivity index (χ0n) is 7.39. The molecule has 1 aromatic carbocycles. The first kappa shape index (κ1) is 9.53. The predicted molar refractivity (Wildman–Crippen MR) is 56.2 cm³/mol. The largest absolute Gasteiger partial charge is 0.0905 e. The summed E-state index contributed by atoms with van der Waals surface area (Å²) in [6, 6.07) is 6.21. The molecule has 0 amide bonds. The Morgan fingerprint density at radius 1 is 1.42 bits per heavy atom. The van der Waals surface area contributed by atoms with Crippen LogP contribution in [0, 0.1) is 6.08 Å². The van der Waals surface area contributed by atoms with Crippen LogP contribution in [0.2, 0.25) is 0 Å². The van der Waals surface area contributed by atoms with Crippen LogP contribution in [-0.2, 0) is 0 Å². The maximum Gasteiger partial charge on any atom is 0.0181 e. The average molecular weight is 224 g/mol. The minimum Gasteiger partial charge on any atom is -0.0905 e. The molecule has 12 heavy (non-hydrogen) atoms. The van der Waals surface area contributed by atoms with Gasteiger partial charge in [-0.15, -0.1) is 0 Å². The van der Waals surface area contributed by atoms with Gasteiger partial charge in [0.2, 0.25) is 0 Å². The first-order chi connectivity index (χ1) is 5.65. The Labute approximate surface area is 82.4 Å². The first-order valence-electron chi connectivity index (χ1n) is 3.97. The van der Waals surface area contributed by atoms with Gasteiger partial charge in [0, 0.05) is 4.47 Å². The van der Waals surface area contributed by atoms with Crippen molar-refractivity contribution in [3.8, 4) is 0 Å². The van der Waals surface area contributed by atoms with Crippen molar-refractivity contribution in [3.63, 3.8) is 0 Å². The molecule has 0 fully saturated rings. The van der Waals surface area contributed by atoms with E-state index in [1.807, 2.05) is 6.07 Å². The molecule has 0 unspecified atom stereocenters. The highest BCUT2D eigenvalue weighted by molar-refractivity contribution is 9.10. The van der Waals surface area contributed by atoms with E-state index in [0.717, 1.165) is 10.0 Å². The molecule has 1 rings (SSSR count). The molecule has 1 aromatic rings. The summed E-state index contributed by atoms with van der Waals surface area (Å²) in [7, 11) is 0. The molecule has 0 heterocycles. The summed E-state index contributed by atoms with van der Waals surface area (Å²) in [5.41, 5.74) is 2.40. The highest BCUT2D eigenvalue weighted by Crippen LogP contribution is 2.22. The van der Waals surface area contributed by atoms with E-state index in [1.54, 1.807) is 0 Å². The van der Waals surface area contributed by atoms with Crippen LogP contribution in [-0.4, -0.2) is 0 Å². The van der Waals surface area contributed by atoms with Crippen molar-refractivity contribution in [2.75, 3.05) is 0 Å². The lowest BCUT2D eigenvalue weighted by molar-refractivity contribution is 0.860. The minimum atomic E-state index is 0.530. The highest BCUT2D eigenvalue weighted by atomic mass is 79.9. The zero-order chi connectivity index (χ0) is 9.14. The van der Waals surface area contributed by atoms with E-state index in [1.165, 1.54) is 5.56 Å². The number of hydrogen-bond donors (Lipinski definition) is 0. The molecular weight excluding hydrogens is 212 g/mol. The van der Waals surface area contributed by atoms with E-state index in [9.17, 15) is 0 Å². The molecule has 0 aliphatic rings. The minimum absolute atomic E-state index is 0.530.